The molecule has 0 amide bonds. The summed E-state index contributed by atoms with van der Waals surface area (Å²) in [5, 5.41) is 9.75. The van der Waals surface area contributed by atoms with Crippen molar-refractivity contribution in [2.24, 2.45) is 0 Å². The first-order chi connectivity index (χ1) is 7.03. The molecular formula is C11H22O4. The molecule has 0 spiro atoms. The first-order valence-corrected chi connectivity index (χ1v) is 5.50. The van der Waals surface area contributed by atoms with Crippen LogP contribution in [0.25, 0.3) is 0 Å². The van der Waals surface area contributed by atoms with Crippen molar-refractivity contribution in [1.29, 1.82) is 0 Å². The Hall–Kier alpha value is -0.160. The summed E-state index contributed by atoms with van der Waals surface area (Å²) in [6.45, 7) is 5.31. The Kier molecular flexibility index (Phi) is 4.99. The van der Waals surface area contributed by atoms with Crippen LogP contribution in [-0.4, -0.2) is 43.4 Å². The van der Waals surface area contributed by atoms with E-state index in [0.29, 0.717) is 26.1 Å². The van der Waals surface area contributed by atoms with Crippen LogP contribution >= 0.6 is 0 Å². The minimum Gasteiger partial charge on any atom is -0.393 e. The Morgan fingerprint density at radius 1 is 1.40 bits per heavy atom. The largest absolute Gasteiger partial charge is 0.393 e. The number of hydrogen-bond donors (Lipinski definition) is 1. The van der Waals surface area contributed by atoms with E-state index in [0.717, 1.165) is 6.42 Å². The maximum atomic E-state index is 9.75. The third-order valence-electron chi connectivity index (χ3n) is 2.79. The molecule has 1 N–H and O–H groups in total. The summed E-state index contributed by atoms with van der Waals surface area (Å²) in [5.74, 6) is 0. The fraction of sp³-hybridized carbons (Fsp3) is 1.00. The van der Waals surface area contributed by atoms with E-state index in [9.17, 15) is 5.11 Å². The fourth-order valence-electron chi connectivity index (χ4n) is 1.50. The van der Waals surface area contributed by atoms with Crippen molar-refractivity contribution in [2.75, 3.05) is 20.3 Å². The van der Waals surface area contributed by atoms with Crippen molar-refractivity contribution in [3.8, 4) is 0 Å². The molecule has 0 saturated carbocycles. The Labute approximate surface area is 91.5 Å². The number of methoxy groups -OCH3 is 1. The number of ether oxygens (including phenoxy) is 3. The Morgan fingerprint density at radius 2 is 2.00 bits per heavy atom. The molecule has 1 fully saturated rings. The molecule has 0 aromatic heterocycles. The van der Waals surface area contributed by atoms with Gasteiger partial charge in [-0.25, -0.2) is 0 Å². The van der Waals surface area contributed by atoms with Crippen LogP contribution in [0.5, 0.6) is 0 Å². The van der Waals surface area contributed by atoms with E-state index in [4.69, 9.17) is 14.2 Å². The molecule has 1 aliphatic rings. The quantitative estimate of drug-likeness (QED) is 0.730. The summed E-state index contributed by atoms with van der Waals surface area (Å²) < 4.78 is 15.8. The van der Waals surface area contributed by atoms with Gasteiger partial charge in [-0.1, -0.05) is 0 Å². The Balaban J connectivity index is 2.15. The number of hydrogen-bond acceptors (Lipinski definition) is 4. The molecule has 1 aliphatic heterocycles. The zero-order chi connectivity index (χ0) is 11.3. The third-order valence-corrected chi connectivity index (χ3v) is 2.79. The van der Waals surface area contributed by atoms with Crippen LogP contribution in [-0.2, 0) is 14.2 Å². The van der Waals surface area contributed by atoms with Crippen LogP contribution in [0.3, 0.4) is 0 Å². The minimum atomic E-state index is -0.373. The molecule has 0 aliphatic carbocycles. The SMILES string of the molecule is COC(C)(C)CCC(O)CC1OCCO1. The average molecular weight is 218 g/mol. The first-order valence-electron chi connectivity index (χ1n) is 5.50. The smallest absolute Gasteiger partial charge is 0.160 e. The topological polar surface area (TPSA) is 47.9 Å². The lowest BCUT2D eigenvalue weighted by molar-refractivity contribution is -0.0752. The van der Waals surface area contributed by atoms with Gasteiger partial charge in [0, 0.05) is 13.5 Å². The monoisotopic (exact) mass is 218 g/mol. The number of aliphatic hydroxyl groups is 1. The van der Waals surface area contributed by atoms with Gasteiger partial charge in [0.1, 0.15) is 0 Å². The molecule has 15 heavy (non-hydrogen) atoms. The van der Waals surface area contributed by atoms with Gasteiger partial charge in [0.2, 0.25) is 0 Å². The van der Waals surface area contributed by atoms with E-state index in [2.05, 4.69) is 0 Å². The van der Waals surface area contributed by atoms with Gasteiger partial charge in [0.25, 0.3) is 0 Å². The molecule has 0 aromatic carbocycles. The lowest BCUT2D eigenvalue weighted by atomic mass is 9.99. The van der Waals surface area contributed by atoms with Crippen LogP contribution in [0.2, 0.25) is 0 Å². The molecule has 1 atom stereocenters. The van der Waals surface area contributed by atoms with E-state index < -0.39 is 0 Å². The van der Waals surface area contributed by atoms with Crippen molar-refractivity contribution >= 4 is 0 Å². The standard InChI is InChI=1S/C11H22O4/c1-11(2,13-3)5-4-9(12)8-10-14-6-7-15-10/h9-10,12H,4-8H2,1-3H3. The fourth-order valence-corrected chi connectivity index (χ4v) is 1.50. The van der Waals surface area contributed by atoms with Gasteiger partial charge in [-0.05, 0) is 26.7 Å². The second-order valence-corrected chi connectivity index (χ2v) is 4.56. The molecule has 1 rings (SSSR count). The van der Waals surface area contributed by atoms with Crippen molar-refractivity contribution in [1.82, 2.24) is 0 Å². The highest BCUT2D eigenvalue weighted by Gasteiger charge is 2.23. The molecule has 90 valence electrons. The third kappa shape index (κ3) is 4.93. The highest BCUT2D eigenvalue weighted by molar-refractivity contribution is 4.71. The predicted octanol–water partition coefficient (Wildman–Crippen LogP) is 1.32. The van der Waals surface area contributed by atoms with E-state index in [1.54, 1.807) is 7.11 Å². The number of rotatable bonds is 6. The van der Waals surface area contributed by atoms with Gasteiger partial charge in [0.05, 0.1) is 24.9 Å². The molecule has 1 saturated heterocycles. The molecule has 0 aromatic rings. The van der Waals surface area contributed by atoms with Crippen LogP contribution in [0, 0.1) is 0 Å². The summed E-state index contributed by atoms with van der Waals surface area (Å²) in [6, 6.07) is 0. The lowest BCUT2D eigenvalue weighted by Gasteiger charge is -2.24. The summed E-state index contributed by atoms with van der Waals surface area (Å²) in [7, 11) is 1.69. The van der Waals surface area contributed by atoms with Gasteiger partial charge in [0.15, 0.2) is 6.29 Å². The van der Waals surface area contributed by atoms with Crippen molar-refractivity contribution in [3.05, 3.63) is 0 Å². The molecular weight excluding hydrogens is 196 g/mol. The highest BCUT2D eigenvalue weighted by Crippen LogP contribution is 2.19. The normalized spacial score (nSPS) is 20.8. The average Bonchev–Trinajstić information content (AvgIpc) is 2.68. The number of aliphatic hydroxyl groups excluding tert-OH is 1. The summed E-state index contributed by atoms with van der Waals surface area (Å²) in [5.41, 5.74) is -0.168. The zero-order valence-electron chi connectivity index (χ0n) is 9.86. The summed E-state index contributed by atoms with van der Waals surface area (Å²) >= 11 is 0. The second-order valence-electron chi connectivity index (χ2n) is 4.56. The van der Waals surface area contributed by atoms with Gasteiger partial charge in [-0.2, -0.15) is 0 Å². The zero-order valence-corrected chi connectivity index (χ0v) is 9.86. The maximum Gasteiger partial charge on any atom is 0.160 e. The Bertz CT molecular complexity index is 175. The molecule has 0 bridgehead atoms. The maximum absolute atomic E-state index is 9.75. The van der Waals surface area contributed by atoms with Gasteiger partial charge < -0.3 is 19.3 Å². The molecule has 0 radical (unpaired) electrons. The van der Waals surface area contributed by atoms with Crippen molar-refractivity contribution < 1.29 is 19.3 Å². The molecule has 4 nitrogen and oxygen atoms in total. The highest BCUT2D eigenvalue weighted by atomic mass is 16.7. The molecule has 1 unspecified atom stereocenters. The summed E-state index contributed by atoms with van der Waals surface area (Å²) in [6.07, 6.45) is 1.51. The van der Waals surface area contributed by atoms with Crippen molar-refractivity contribution in [2.45, 2.75) is 51.1 Å². The van der Waals surface area contributed by atoms with Crippen LogP contribution in [0.4, 0.5) is 0 Å². The van der Waals surface area contributed by atoms with E-state index in [-0.39, 0.29) is 18.0 Å². The van der Waals surface area contributed by atoms with Crippen molar-refractivity contribution in [3.63, 3.8) is 0 Å². The minimum absolute atomic E-state index is 0.168. The molecule has 4 heteroatoms. The predicted molar refractivity (Wildman–Crippen MR) is 56.6 cm³/mol. The van der Waals surface area contributed by atoms with Crippen LogP contribution in [0.1, 0.15) is 33.1 Å². The summed E-state index contributed by atoms with van der Waals surface area (Å²) in [4.78, 5) is 0. The first kappa shape index (κ1) is 12.9. The van der Waals surface area contributed by atoms with Crippen LogP contribution < -0.4 is 0 Å². The van der Waals surface area contributed by atoms with Gasteiger partial charge >= 0.3 is 0 Å². The van der Waals surface area contributed by atoms with E-state index >= 15 is 0 Å². The lowest BCUT2D eigenvalue weighted by Crippen LogP contribution is -2.26. The van der Waals surface area contributed by atoms with E-state index in [1.165, 1.54) is 0 Å². The van der Waals surface area contributed by atoms with Crippen LogP contribution in [0.15, 0.2) is 0 Å². The second kappa shape index (κ2) is 5.80. The van der Waals surface area contributed by atoms with Gasteiger partial charge in [-0.15, -0.1) is 0 Å². The Morgan fingerprint density at radius 3 is 2.53 bits per heavy atom. The van der Waals surface area contributed by atoms with Gasteiger partial charge in [-0.3, -0.25) is 0 Å². The molecule has 1 heterocycles. The van der Waals surface area contributed by atoms with E-state index in [1.807, 2.05) is 13.8 Å².